The molecule has 1 aliphatic carbocycles. The van der Waals surface area contributed by atoms with Gasteiger partial charge in [-0.25, -0.2) is 0 Å². The van der Waals surface area contributed by atoms with Gasteiger partial charge >= 0.3 is 0 Å². The van der Waals surface area contributed by atoms with Gasteiger partial charge in [0.25, 0.3) is 0 Å². The number of hydrogen-bond donors (Lipinski definition) is 1. The molecule has 1 atom stereocenters. The Morgan fingerprint density at radius 3 is 2.66 bits per heavy atom. The molecule has 1 aliphatic heterocycles. The van der Waals surface area contributed by atoms with E-state index in [4.69, 9.17) is 26.6 Å². The second-order valence-electron chi connectivity index (χ2n) is 9.00. The molecule has 0 spiro atoms. The molecule has 0 fully saturated rings. The molecule has 2 aromatic carbocycles. The highest BCUT2D eigenvalue weighted by Crippen LogP contribution is 2.48. The molecular formula is C25H20ClN3O3. The summed E-state index contributed by atoms with van der Waals surface area (Å²) in [5.74, 6) is 0.571. The van der Waals surface area contributed by atoms with Gasteiger partial charge in [0.2, 0.25) is 5.88 Å². The number of benzene rings is 2. The van der Waals surface area contributed by atoms with E-state index in [1.54, 1.807) is 12.1 Å². The summed E-state index contributed by atoms with van der Waals surface area (Å²) in [7, 11) is 0. The molecule has 0 saturated carbocycles. The highest BCUT2D eigenvalue weighted by atomic mass is 35.5. The number of rotatable bonds is 2. The number of Topliss-reactive ketones (excluding diaryl/α,β-unsaturated/α-hetero) is 1. The van der Waals surface area contributed by atoms with Gasteiger partial charge in [0.05, 0.1) is 11.3 Å². The van der Waals surface area contributed by atoms with Crippen molar-refractivity contribution < 1.29 is 14.1 Å². The number of halogens is 1. The van der Waals surface area contributed by atoms with Crippen molar-refractivity contribution in [2.24, 2.45) is 11.1 Å². The number of nitriles is 1. The van der Waals surface area contributed by atoms with E-state index in [9.17, 15) is 10.1 Å². The second kappa shape index (κ2) is 7.25. The number of ether oxygens (including phenoxy) is 1. The van der Waals surface area contributed by atoms with Crippen molar-refractivity contribution in [3.05, 3.63) is 75.8 Å². The van der Waals surface area contributed by atoms with Gasteiger partial charge in [-0.2, -0.15) is 5.26 Å². The lowest BCUT2D eigenvalue weighted by Crippen LogP contribution is -2.33. The average molecular weight is 446 g/mol. The first-order valence-corrected chi connectivity index (χ1v) is 10.6. The largest absolute Gasteiger partial charge is 0.444 e. The Balaban J connectivity index is 1.69. The number of carbonyl (C=O) groups excluding carboxylic acids is 1. The Kier molecular flexibility index (Phi) is 4.61. The van der Waals surface area contributed by atoms with Crippen LogP contribution in [0, 0.1) is 16.7 Å². The van der Waals surface area contributed by atoms with Crippen LogP contribution >= 0.6 is 11.6 Å². The van der Waals surface area contributed by atoms with Crippen LogP contribution in [-0.4, -0.2) is 10.9 Å². The number of aromatic nitrogens is 1. The number of carbonyl (C=O) groups is 1. The number of fused-ring (bicyclic) bond motifs is 1. The minimum Gasteiger partial charge on any atom is -0.444 e. The molecule has 1 unspecified atom stereocenters. The number of hydrogen-bond acceptors (Lipinski definition) is 6. The molecule has 0 amide bonds. The molecule has 7 heteroatoms. The lowest BCUT2D eigenvalue weighted by molar-refractivity contribution is -0.119. The van der Waals surface area contributed by atoms with Crippen LogP contribution in [0.15, 0.2) is 69.8 Å². The molecule has 32 heavy (non-hydrogen) atoms. The van der Waals surface area contributed by atoms with Crippen molar-refractivity contribution in [2.75, 3.05) is 0 Å². The minimum atomic E-state index is -0.593. The van der Waals surface area contributed by atoms with Crippen molar-refractivity contribution in [3.63, 3.8) is 0 Å². The summed E-state index contributed by atoms with van der Waals surface area (Å²) in [4.78, 5) is 13.2. The molecule has 0 saturated heterocycles. The van der Waals surface area contributed by atoms with Crippen LogP contribution in [0.4, 0.5) is 0 Å². The number of ketones is 1. The van der Waals surface area contributed by atoms with Gasteiger partial charge in [0.1, 0.15) is 22.9 Å². The first-order chi connectivity index (χ1) is 15.3. The molecule has 3 aromatic rings. The molecule has 2 N–H and O–H groups in total. The summed E-state index contributed by atoms with van der Waals surface area (Å²) >= 11 is 6.02. The van der Waals surface area contributed by atoms with Gasteiger partial charge in [-0.3, -0.25) is 4.79 Å². The summed E-state index contributed by atoms with van der Waals surface area (Å²) in [5, 5.41) is 15.4. The molecule has 2 heterocycles. The summed E-state index contributed by atoms with van der Waals surface area (Å²) < 4.78 is 11.4. The van der Waals surface area contributed by atoms with E-state index in [1.807, 2.05) is 44.2 Å². The average Bonchev–Trinajstić information content (AvgIpc) is 3.15. The molecule has 5 rings (SSSR count). The van der Waals surface area contributed by atoms with Crippen LogP contribution in [0.25, 0.3) is 22.2 Å². The van der Waals surface area contributed by atoms with Gasteiger partial charge in [0, 0.05) is 29.0 Å². The lowest BCUT2D eigenvalue weighted by Gasteiger charge is -2.37. The van der Waals surface area contributed by atoms with Crippen LogP contribution in [0.3, 0.4) is 0 Å². The zero-order valence-corrected chi connectivity index (χ0v) is 18.4. The van der Waals surface area contributed by atoms with Gasteiger partial charge < -0.3 is 15.0 Å². The van der Waals surface area contributed by atoms with Gasteiger partial charge in [-0.1, -0.05) is 36.7 Å². The normalized spacial score (nSPS) is 20.2. The number of allylic oxidation sites excluding steroid dienone is 3. The third kappa shape index (κ3) is 3.26. The quantitative estimate of drug-likeness (QED) is 0.550. The highest BCUT2D eigenvalue weighted by Gasteiger charge is 2.43. The fraction of sp³-hybridized carbons (Fsp3) is 0.240. The van der Waals surface area contributed by atoms with Crippen LogP contribution in [0.1, 0.15) is 38.2 Å². The zero-order chi connectivity index (χ0) is 22.6. The van der Waals surface area contributed by atoms with E-state index >= 15 is 0 Å². The molecule has 6 nitrogen and oxygen atoms in total. The Bertz CT molecular complexity index is 1370. The lowest BCUT2D eigenvalue weighted by atomic mass is 9.70. The van der Waals surface area contributed by atoms with E-state index in [-0.39, 0.29) is 22.7 Å². The highest BCUT2D eigenvalue weighted by molar-refractivity contribution is 6.30. The number of nitrogens with two attached hydrogens (primary N) is 1. The van der Waals surface area contributed by atoms with Crippen LogP contribution in [0.5, 0.6) is 0 Å². The van der Waals surface area contributed by atoms with E-state index in [1.165, 1.54) is 0 Å². The van der Waals surface area contributed by atoms with E-state index in [2.05, 4.69) is 11.2 Å². The van der Waals surface area contributed by atoms with Crippen molar-refractivity contribution in [1.29, 1.82) is 5.26 Å². The zero-order valence-electron chi connectivity index (χ0n) is 17.6. The maximum absolute atomic E-state index is 13.2. The summed E-state index contributed by atoms with van der Waals surface area (Å²) in [6, 6.07) is 15.0. The van der Waals surface area contributed by atoms with Crippen molar-refractivity contribution >= 4 is 28.3 Å². The SMILES string of the molecule is CC1(C)CC(=O)C2=C(C1)OC(N)=C(C#N)C2c1ccc2noc(-c3ccc(Cl)cc3)c2c1. The Hall–Kier alpha value is -3.56. The first kappa shape index (κ1) is 20.3. The topological polar surface area (TPSA) is 102 Å². The molecule has 0 radical (unpaired) electrons. The first-order valence-electron chi connectivity index (χ1n) is 10.3. The van der Waals surface area contributed by atoms with Crippen molar-refractivity contribution in [1.82, 2.24) is 5.16 Å². The number of nitrogens with zero attached hydrogens (tertiary/aromatic N) is 2. The second-order valence-corrected chi connectivity index (χ2v) is 9.43. The fourth-order valence-corrected chi connectivity index (χ4v) is 4.69. The molecule has 2 aliphatic rings. The predicted molar refractivity (Wildman–Crippen MR) is 120 cm³/mol. The van der Waals surface area contributed by atoms with Gasteiger partial charge in [0.15, 0.2) is 11.5 Å². The monoisotopic (exact) mass is 445 g/mol. The molecule has 0 bridgehead atoms. The minimum absolute atomic E-state index is 0.0233. The summed E-state index contributed by atoms with van der Waals surface area (Å²) in [6.45, 7) is 4.04. The Morgan fingerprint density at radius 2 is 1.94 bits per heavy atom. The molecule has 1 aromatic heterocycles. The van der Waals surface area contributed by atoms with Crippen molar-refractivity contribution in [3.8, 4) is 17.4 Å². The smallest absolute Gasteiger partial charge is 0.205 e. The third-order valence-corrected chi connectivity index (χ3v) is 6.27. The fourth-order valence-electron chi connectivity index (χ4n) is 4.57. The Morgan fingerprint density at radius 1 is 1.19 bits per heavy atom. The third-order valence-electron chi connectivity index (χ3n) is 6.02. The van der Waals surface area contributed by atoms with Crippen LogP contribution in [0.2, 0.25) is 5.02 Å². The van der Waals surface area contributed by atoms with Gasteiger partial charge in [-0.05, 0) is 47.4 Å². The van der Waals surface area contributed by atoms with E-state index < -0.39 is 5.92 Å². The summed E-state index contributed by atoms with van der Waals surface area (Å²) in [6.07, 6.45) is 0.964. The predicted octanol–water partition coefficient (Wildman–Crippen LogP) is 5.60. The van der Waals surface area contributed by atoms with Crippen LogP contribution < -0.4 is 5.73 Å². The molecule has 160 valence electrons. The van der Waals surface area contributed by atoms with E-state index in [0.717, 1.165) is 16.5 Å². The van der Waals surface area contributed by atoms with Crippen molar-refractivity contribution in [2.45, 2.75) is 32.6 Å². The standard InChI is InChI=1S/C25H20ClN3O3/c1-25(2)10-19(30)22-20(11-25)31-24(28)17(12-27)21(22)14-5-8-18-16(9-14)23(32-29-18)13-3-6-15(26)7-4-13/h3-9,21H,10-11,28H2,1-2H3. The summed E-state index contributed by atoms with van der Waals surface area (Å²) in [5.41, 5.74) is 8.91. The maximum atomic E-state index is 13.2. The Labute approximate surface area is 189 Å². The molecular weight excluding hydrogens is 426 g/mol. The van der Waals surface area contributed by atoms with E-state index in [0.29, 0.717) is 40.5 Å². The van der Waals surface area contributed by atoms with Gasteiger partial charge in [-0.15, -0.1) is 0 Å². The maximum Gasteiger partial charge on any atom is 0.205 e. The van der Waals surface area contributed by atoms with Crippen LogP contribution in [-0.2, 0) is 9.53 Å².